The molecule has 0 unspecified atom stereocenters. The lowest BCUT2D eigenvalue weighted by Crippen LogP contribution is -2.13. The van der Waals surface area contributed by atoms with Gasteiger partial charge in [-0.15, -0.1) is 0 Å². The van der Waals surface area contributed by atoms with Gasteiger partial charge in [-0.2, -0.15) is 0 Å². The molecule has 0 fully saturated rings. The molecule has 0 amide bonds. The first kappa shape index (κ1) is 8.74. The molecule has 4 nitrogen and oxygen atoms in total. The molecule has 0 saturated heterocycles. The van der Waals surface area contributed by atoms with Gasteiger partial charge < -0.3 is 10.7 Å². The minimum Gasteiger partial charge on any atom is -0.379 e. The smallest absolute Gasteiger partial charge is 0.290 e. The second kappa shape index (κ2) is 2.83. The number of aryl methyl sites for hydroxylation is 2. The molecule has 72 valence electrons. The Balaban J connectivity index is 2.90. The van der Waals surface area contributed by atoms with E-state index in [1.165, 1.54) is 0 Å². The van der Waals surface area contributed by atoms with E-state index in [9.17, 15) is 4.79 Å². The third kappa shape index (κ3) is 1.25. The number of benzene rings is 1. The topological polar surface area (TPSA) is 71.8 Å². The standard InChI is InChI=1S/C10H11N3O/c1-5-3-7-8(4-6(5)2)13-10(14)9(11)12-7/h3-4H,1-2H3,(H2,11,12)(H,13,14). The van der Waals surface area contributed by atoms with Crippen molar-refractivity contribution in [1.29, 1.82) is 0 Å². The van der Waals surface area contributed by atoms with E-state index in [2.05, 4.69) is 9.97 Å². The van der Waals surface area contributed by atoms with Crippen LogP contribution in [0.15, 0.2) is 16.9 Å². The quantitative estimate of drug-likeness (QED) is 0.652. The van der Waals surface area contributed by atoms with Crippen LogP contribution < -0.4 is 11.3 Å². The molecule has 0 aliphatic rings. The van der Waals surface area contributed by atoms with Gasteiger partial charge in [0, 0.05) is 0 Å². The molecule has 0 bridgehead atoms. The molecule has 4 heteroatoms. The number of nitrogen functional groups attached to an aromatic ring is 1. The molecule has 0 aliphatic carbocycles. The van der Waals surface area contributed by atoms with Crippen molar-refractivity contribution in [2.24, 2.45) is 0 Å². The van der Waals surface area contributed by atoms with Crippen LogP contribution in [0.4, 0.5) is 5.82 Å². The average Bonchev–Trinajstić information content (AvgIpc) is 2.11. The summed E-state index contributed by atoms with van der Waals surface area (Å²) < 4.78 is 0. The van der Waals surface area contributed by atoms with Crippen molar-refractivity contribution < 1.29 is 0 Å². The minimum absolute atomic E-state index is 0.0146. The Morgan fingerprint density at radius 3 is 2.64 bits per heavy atom. The number of hydrogen-bond acceptors (Lipinski definition) is 3. The first-order valence-corrected chi connectivity index (χ1v) is 4.34. The zero-order valence-corrected chi connectivity index (χ0v) is 8.09. The fraction of sp³-hybridized carbons (Fsp3) is 0.200. The number of nitrogens with one attached hydrogen (secondary N) is 1. The van der Waals surface area contributed by atoms with E-state index < -0.39 is 0 Å². The first-order valence-electron chi connectivity index (χ1n) is 4.34. The monoisotopic (exact) mass is 189 g/mol. The van der Waals surface area contributed by atoms with E-state index in [1.54, 1.807) is 0 Å². The van der Waals surface area contributed by atoms with Crippen LogP contribution in [0.3, 0.4) is 0 Å². The SMILES string of the molecule is Cc1cc2nc(N)c(=O)[nH]c2cc1C. The molecule has 14 heavy (non-hydrogen) atoms. The number of nitrogens with two attached hydrogens (primary N) is 1. The summed E-state index contributed by atoms with van der Waals surface area (Å²) >= 11 is 0. The van der Waals surface area contributed by atoms with Crippen LogP contribution in [0, 0.1) is 13.8 Å². The summed E-state index contributed by atoms with van der Waals surface area (Å²) in [5, 5.41) is 0. The van der Waals surface area contributed by atoms with E-state index in [0.29, 0.717) is 0 Å². The van der Waals surface area contributed by atoms with E-state index in [1.807, 2.05) is 26.0 Å². The number of H-pyrrole nitrogens is 1. The molecule has 0 spiro atoms. The normalized spacial score (nSPS) is 10.7. The lowest BCUT2D eigenvalue weighted by atomic mass is 10.1. The maximum absolute atomic E-state index is 11.2. The van der Waals surface area contributed by atoms with Crippen LogP contribution in [-0.4, -0.2) is 9.97 Å². The molecule has 0 atom stereocenters. The average molecular weight is 189 g/mol. The van der Waals surface area contributed by atoms with Crippen LogP contribution in [0.5, 0.6) is 0 Å². The predicted molar refractivity (Wildman–Crippen MR) is 56.3 cm³/mol. The Hall–Kier alpha value is -1.84. The number of aromatic nitrogens is 2. The second-order valence-corrected chi connectivity index (χ2v) is 3.40. The Morgan fingerprint density at radius 1 is 1.29 bits per heavy atom. The molecule has 0 aliphatic heterocycles. The lowest BCUT2D eigenvalue weighted by Gasteiger charge is -2.03. The predicted octanol–water partition coefficient (Wildman–Crippen LogP) is 1.12. The molecular formula is C10H11N3O. The largest absolute Gasteiger partial charge is 0.379 e. The van der Waals surface area contributed by atoms with E-state index >= 15 is 0 Å². The summed E-state index contributed by atoms with van der Waals surface area (Å²) in [5.41, 5.74) is 8.80. The molecule has 0 radical (unpaired) electrons. The van der Waals surface area contributed by atoms with Gasteiger partial charge in [-0.05, 0) is 37.1 Å². The van der Waals surface area contributed by atoms with Gasteiger partial charge in [-0.1, -0.05) is 0 Å². The highest BCUT2D eigenvalue weighted by atomic mass is 16.1. The lowest BCUT2D eigenvalue weighted by molar-refractivity contribution is 1.21. The van der Waals surface area contributed by atoms with Crippen LogP contribution in [0.2, 0.25) is 0 Å². The maximum atomic E-state index is 11.2. The van der Waals surface area contributed by atoms with E-state index in [0.717, 1.165) is 22.2 Å². The van der Waals surface area contributed by atoms with Crippen molar-refractivity contribution in [3.63, 3.8) is 0 Å². The number of anilines is 1. The van der Waals surface area contributed by atoms with Crippen LogP contribution in [0.1, 0.15) is 11.1 Å². The first-order chi connectivity index (χ1) is 6.58. The van der Waals surface area contributed by atoms with E-state index in [-0.39, 0.29) is 11.4 Å². The molecule has 1 heterocycles. The molecule has 3 N–H and O–H groups in total. The molecule has 2 aromatic rings. The summed E-state index contributed by atoms with van der Waals surface area (Å²) in [5.74, 6) is 0.0146. The number of fused-ring (bicyclic) bond motifs is 1. The van der Waals surface area contributed by atoms with Crippen molar-refractivity contribution in [3.05, 3.63) is 33.6 Å². The zero-order valence-electron chi connectivity index (χ0n) is 8.09. The number of nitrogens with zero attached hydrogens (tertiary/aromatic N) is 1. The summed E-state index contributed by atoms with van der Waals surface area (Å²) in [6.45, 7) is 3.99. The third-order valence-corrected chi connectivity index (χ3v) is 2.33. The van der Waals surface area contributed by atoms with Crippen LogP contribution >= 0.6 is 0 Å². The van der Waals surface area contributed by atoms with Gasteiger partial charge in [0.2, 0.25) is 0 Å². The maximum Gasteiger partial charge on any atom is 0.290 e. The second-order valence-electron chi connectivity index (χ2n) is 3.40. The fourth-order valence-corrected chi connectivity index (χ4v) is 1.36. The number of rotatable bonds is 0. The van der Waals surface area contributed by atoms with Crippen molar-refractivity contribution in [3.8, 4) is 0 Å². The minimum atomic E-state index is -0.333. The van der Waals surface area contributed by atoms with Gasteiger partial charge in [-0.25, -0.2) is 4.98 Å². The highest BCUT2D eigenvalue weighted by molar-refractivity contribution is 5.77. The van der Waals surface area contributed by atoms with E-state index in [4.69, 9.17) is 5.73 Å². The van der Waals surface area contributed by atoms with Crippen molar-refractivity contribution in [2.75, 3.05) is 5.73 Å². The summed E-state index contributed by atoms with van der Waals surface area (Å²) in [6.07, 6.45) is 0. The van der Waals surface area contributed by atoms with Crippen molar-refractivity contribution in [2.45, 2.75) is 13.8 Å². The Morgan fingerprint density at radius 2 is 1.93 bits per heavy atom. The highest BCUT2D eigenvalue weighted by Gasteiger charge is 2.02. The molecule has 2 rings (SSSR count). The van der Waals surface area contributed by atoms with Crippen LogP contribution in [-0.2, 0) is 0 Å². The van der Waals surface area contributed by atoms with Crippen molar-refractivity contribution in [1.82, 2.24) is 9.97 Å². The van der Waals surface area contributed by atoms with Gasteiger partial charge in [0.1, 0.15) is 0 Å². The fourth-order valence-electron chi connectivity index (χ4n) is 1.36. The van der Waals surface area contributed by atoms with Gasteiger partial charge in [0.25, 0.3) is 5.56 Å². The van der Waals surface area contributed by atoms with Gasteiger partial charge >= 0.3 is 0 Å². The van der Waals surface area contributed by atoms with Crippen molar-refractivity contribution >= 4 is 16.9 Å². The highest BCUT2D eigenvalue weighted by Crippen LogP contribution is 2.14. The van der Waals surface area contributed by atoms with Gasteiger partial charge in [0.05, 0.1) is 11.0 Å². The Bertz CT molecular complexity index is 557. The van der Waals surface area contributed by atoms with Gasteiger partial charge in [0.15, 0.2) is 5.82 Å². The molecule has 1 aromatic carbocycles. The van der Waals surface area contributed by atoms with Crippen LogP contribution in [0.25, 0.3) is 11.0 Å². The Labute approximate surface area is 80.8 Å². The van der Waals surface area contributed by atoms with Gasteiger partial charge in [-0.3, -0.25) is 4.79 Å². The molecule has 0 saturated carbocycles. The molecular weight excluding hydrogens is 178 g/mol. The Kier molecular flexibility index (Phi) is 1.77. The number of aromatic amines is 1. The third-order valence-electron chi connectivity index (χ3n) is 2.33. The zero-order chi connectivity index (χ0) is 10.3. The summed E-state index contributed by atoms with van der Waals surface area (Å²) in [6, 6.07) is 3.81. The molecule has 1 aromatic heterocycles. The number of hydrogen-bond donors (Lipinski definition) is 2. The summed E-state index contributed by atoms with van der Waals surface area (Å²) in [4.78, 5) is 17.9. The summed E-state index contributed by atoms with van der Waals surface area (Å²) in [7, 11) is 0.